The summed E-state index contributed by atoms with van der Waals surface area (Å²) in [5, 5.41) is 2.26. The second kappa shape index (κ2) is 13.7. The van der Waals surface area contributed by atoms with Gasteiger partial charge < -0.3 is 4.98 Å². The molecule has 0 amide bonds. The van der Waals surface area contributed by atoms with Gasteiger partial charge in [0, 0.05) is 55.3 Å². The van der Waals surface area contributed by atoms with Crippen LogP contribution in [0.4, 0.5) is 29.6 Å². The van der Waals surface area contributed by atoms with Crippen LogP contribution in [0.2, 0.25) is 0 Å². The third kappa shape index (κ3) is 10.5. The number of rotatable bonds is 3. The Kier molecular flexibility index (Phi) is 10.3. The molecule has 12 heteroatoms. The monoisotopic (exact) mass is 842 g/mol. The van der Waals surface area contributed by atoms with E-state index in [0.717, 1.165) is 27.5 Å². The number of hydrogen-bond donors (Lipinski definition) is 0. The van der Waals surface area contributed by atoms with E-state index >= 15 is 0 Å². The number of hydrogen-bond acceptors (Lipinski definition) is 3. The molecule has 0 aliphatic rings. The Labute approximate surface area is 278 Å². The molecule has 0 atom stereocenters. The Hall–Kier alpha value is -4.56. The van der Waals surface area contributed by atoms with Crippen LogP contribution in [0.5, 0.6) is 0 Å². The van der Waals surface area contributed by atoms with Crippen LogP contribution >= 0.6 is 7.81 Å². The second-order valence-corrected chi connectivity index (χ2v) is 11.8. The second-order valence-electron chi connectivity index (χ2n) is 9.89. The molecule has 0 bridgehead atoms. The molecule has 243 valence electrons. The Bertz CT molecular complexity index is 1990. The maximum atomic E-state index is 12.8. The van der Waals surface area contributed by atoms with E-state index in [0.29, 0.717) is 5.56 Å². The summed E-state index contributed by atoms with van der Waals surface area (Å²) in [6, 6.07) is 42.2. The molecule has 0 N–H and O–H groups in total. The van der Waals surface area contributed by atoms with Gasteiger partial charge in [-0.05, 0) is 46.1 Å². The van der Waals surface area contributed by atoms with Gasteiger partial charge in [0.2, 0.25) is 0 Å². The minimum atomic E-state index is -10.7. The molecular weight excluding hydrogens is 819 g/mol. The van der Waals surface area contributed by atoms with Crippen molar-refractivity contribution in [3.63, 3.8) is 0 Å². The Balaban J connectivity index is 0.000000199. The summed E-state index contributed by atoms with van der Waals surface area (Å²) in [6.07, 6.45) is 5.43. The quantitative estimate of drug-likeness (QED) is 0.0770. The van der Waals surface area contributed by atoms with Crippen molar-refractivity contribution in [2.45, 2.75) is 0 Å². The summed E-state index contributed by atoms with van der Waals surface area (Å²) in [5.74, 6) is -0.358. The van der Waals surface area contributed by atoms with Crippen LogP contribution in [0.1, 0.15) is 0 Å². The predicted molar refractivity (Wildman–Crippen MR) is 170 cm³/mol. The first kappa shape index (κ1) is 35.3. The molecule has 0 aliphatic heterocycles. The van der Waals surface area contributed by atoms with Crippen LogP contribution in [-0.2, 0) is 20.1 Å². The van der Waals surface area contributed by atoms with E-state index in [-0.39, 0.29) is 25.9 Å². The first-order chi connectivity index (χ1) is 21.7. The standard InChI is InChI=1S/C24H16N2.C11H7FN.F6P.Ir/c1-3-7-17(8-4-1)19-13-15-25-23-21(19)11-12-22-20(14-16-26-24(22)23)18-9-5-2-6-10-18;12-10-5-3-4-9(8-10)11-6-1-2-7-13-11;1-7(2,3,4,5)6;/h1-16H;1-7H;;/q;2*-1;. The number of fused-ring (bicyclic) bond motifs is 3. The van der Waals surface area contributed by atoms with Gasteiger partial charge in [-0.2, -0.15) is 0 Å². The van der Waals surface area contributed by atoms with Gasteiger partial charge >= 0.3 is 33.0 Å². The first-order valence-corrected chi connectivity index (χ1v) is 15.7. The molecule has 47 heavy (non-hydrogen) atoms. The van der Waals surface area contributed by atoms with Crippen LogP contribution in [-0.4, -0.2) is 15.0 Å². The molecular formula is C35H23F7IrN3P-2. The summed E-state index contributed by atoms with van der Waals surface area (Å²) in [7, 11) is -10.7. The molecule has 0 saturated heterocycles. The molecule has 0 saturated carbocycles. The van der Waals surface area contributed by atoms with Crippen LogP contribution in [0, 0.1) is 11.9 Å². The molecule has 7 aromatic rings. The van der Waals surface area contributed by atoms with Crippen molar-refractivity contribution in [1.29, 1.82) is 0 Å². The van der Waals surface area contributed by atoms with Gasteiger partial charge in [-0.25, -0.2) is 4.39 Å². The number of aromatic nitrogens is 3. The number of benzene rings is 4. The van der Waals surface area contributed by atoms with E-state index in [1.165, 1.54) is 28.3 Å². The normalized spacial score (nSPS) is 12.3. The zero-order chi connectivity index (χ0) is 32.9. The van der Waals surface area contributed by atoms with E-state index in [9.17, 15) is 29.6 Å². The van der Waals surface area contributed by atoms with Gasteiger partial charge in [-0.3, -0.25) is 9.97 Å². The maximum absolute atomic E-state index is 12.8. The van der Waals surface area contributed by atoms with Crippen molar-refractivity contribution in [2.24, 2.45) is 0 Å². The van der Waals surface area contributed by atoms with E-state index in [1.807, 2.05) is 42.7 Å². The third-order valence-corrected chi connectivity index (χ3v) is 6.49. The molecule has 0 aliphatic carbocycles. The zero-order valence-corrected chi connectivity index (χ0v) is 27.3. The van der Waals surface area contributed by atoms with Crippen molar-refractivity contribution in [1.82, 2.24) is 15.0 Å². The third-order valence-electron chi connectivity index (χ3n) is 6.49. The molecule has 7 rings (SSSR count). The molecule has 3 heterocycles. The minimum absolute atomic E-state index is 0. The van der Waals surface area contributed by atoms with Crippen LogP contribution in [0.25, 0.3) is 55.3 Å². The minimum Gasteiger partial charge on any atom is -0.305 e. The molecule has 4 aromatic carbocycles. The topological polar surface area (TPSA) is 38.7 Å². The van der Waals surface area contributed by atoms with Crippen molar-refractivity contribution in [3.05, 3.63) is 152 Å². The van der Waals surface area contributed by atoms with E-state index in [1.54, 1.807) is 18.3 Å². The molecule has 1 radical (unpaired) electrons. The molecule has 0 fully saturated rings. The van der Waals surface area contributed by atoms with Crippen LogP contribution < -0.4 is 0 Å². The van der Waals surface area contributed by atoms with Gasteiger partial charge in [0.15, 0.2) is 0 Å². The average molecular weight is 842 g/mol. The molecule has 3 nitrogen and oxygen atoms in total. The van der Waals surface area contributed by atoms with Gasteiger partial charge in [-0.15, -0.1) is 29.8 Å². The number of nitrogens with zero attached hydrogens (tertiary/aromatic N) is 3. The van der Waals surface area contributed by atoms with Gasteiger partial charge in [0.25, 0.3) is 0 Å². The van der Waals surface area contributed by atoms with E-state index in [2.05, 4.69) is 93.8 Å². The Morgan fingerprint density at radius 1 is 0.468 bits per heavy atom. The molecule has 3 aromatic heterocycles. The van der Waals surface area contributed by atoms with Gasteiger partial charge in [0.05, 0.1) is 11.0 Å². The summed E-state index contributed by atoms with van der Waals surface area (Å²) in [4.78, 5) is 13.4. The summed E-state index contributed by atoms with van der Waals surface area (Å²) < 4.78 is 72.0. The fraction of sp³-hybridized carbons (Fsp3) is 0. The zero-order valence-electron chi connectivity index (χ0n) is 24.0. The maximum Gasteiger partial charge on any atom is 0.0970 e. The fourth-order valence-corrected chi connectivity index (χ4v) is 4.68. The number of pyridine rings is 3. The largest absolute Gasteiger partial charge is 0.305 e. The van der Waals surface area contributed by atoms with Crippen molar-refractivity contribution in [2.75, 3.05) is 0 Å². The van der Waals surface area contributed by atoms with Gasteiger partial charge in [-0.1, -0.05) is 84.9 Å². The van der Waals surface area contributed by atoms with Gasteiger partial charge in [0.1, 0.15) is 0 Å². The van der Waals surface area contributed by atoms with E-state index < -0.39 is 7.81 Å². The molecule has 0 spiro atoms. The summed E-state index contributed by atoms with van der Waals surface area (Å²) in [5.41, 5.74) is 8.07. The summed E-state index contributed by atoms with van der Waals surface area (Å²) >= 11 is 0. The number of halogens is 7. The van der Waals surface area contributed by atoms with Crippen molar-refractivity contribution >= 4 is 29.6 Å². The smallest absolute Gasteiger partial charge is 0.0970 e. The van der Waals surface area contributed by atoms with Crippen molar-refractivity contribution in [3.8, 4) is 33.5 Å². The predicted octanol–water partition coefficient (Wildman–Crippen LogP) is 12.2. The van der Waals surface area contributed by atoms with Crippen LogP contribution in [0.3, 0.4) is 0 Å². The fourth-order valence-electron chi connectivity index (χ4n) is 4.68. The Morgan fingerprint density at radius 3 is 1.36 bits per heavy atom. The molecule has 0 unspecified atom stereocenters. The van der Waals surface area contributed by atoms with E-state index in [4.69, 9.17) is 0 Å². The SMILES string of the molecule is F[P-](F)(F)(F)(F)F.Fc1[c-]c(-c2ccccn2)ccc1.[Ir].c1ccc(-c2ccnc3c2ccc2c(-c4ccccc4)ccnc23)cc1. The van der Waals surface area contributed by atoms with Crippen molar-refractivity contribution < 1.29 is 49.7 Å². The Morgan fingerprint density at radius 2 is 0.936 bits per heavy atom. The van der Waals surface area contributed by atoms with Crippen LogP contribution in [0.15, 0.2) is 140 Å². The average Bonchev–Trinajstić information content (AvgIpc) is 3.04. The summed E-state index contributed by atoms with van der Waals surface area (Å²) in [6.45, 7) is 0. The first-order valence-electron chi connectivity index (χ1n) is 13.7.